The van der Waals surface area contributed by atoms with Crippen LogP contribution in [0.4, 0.5) is 0 Å². The third kappa shape index (κ3) is 5.67. The Balaban J connectivity index is 1.76. The van der Waals surface area contributed by atoms with E-state index in [1.54, 1.807) is 13.1 Å². The van der Waals surface area contributed by atoms with E-state index in [0.717, 1.165) is 41.7 Å². The van der Waals surface area contributed by atoms with E-state index in [4.69, 9.17) is 20.9 Å². The highest BCUT2D eigenvalue weighted by Gasteiger charge is 2.10. The van der Waals surface area contributed by atoms with Crippen molar-refractivity contribution in [2.24, 2.45) is 4.99 Å². The van der Waals surface area contributed by atoms with Crippen molar-refractivity contribution in [3.8, 4) is 5.75 Å². The van der Waals surface area contributed by atoms with Gasteiger partial charge in [0.05, 0.1) is 12.2 Å². The number of aliphatic imine (C=N–C) groups is 1. The predicted octanol–water partition coefficient (Wildman–Crippen LogP) is 3.07. The maximum atomic E-state index is 5.95. The van der Waals surface area contributed by atoms with E-state index in [0.29, 0.717) is 18.2 Å². The molecule has 2 rings (SSSR count). The van der Waals surface area contributed by atoms with E-state index in [1.165, 1.54) is 0 Å². The molecule has 0 saturated carbocycles. The smallest absolute Gasteiger partial charge is 0.193 e. The van der Waals surface area contributed by atoms with Gasteiger partial charge >= 0.3 is 0 Å². The Hall–Kier alpha value is -2.21. The summed E-state index contributed by atoms with van der Waals surface area (Å²) in [4.78, 5) is 6.33. The highest BCUT2D eigenvalue weighted by molar-refractivity contribution is 6.30. The lowest BCUT2D eigenvalue weighted by atomic mass is 10.1. The molecule has 2 aromatic rings. The van der Waals surface area contributed by atoms with Crippen LogP contribution >= 0.6 is 11.6 Å². The van der Waals surface area contributed by atoms with Crippen LogP contribution in [-0.4, -0.2) is 49.8 Å². The molecule has 0 radical (unpaired) electrons. The average Bonchev–Trinajstić information content (AvgIpc) is 2.90. The van der Waals surface area contributed by atoms with E-state index in [9.17, 15) is 0 Å². The van der Waals surface area contributed by atoms with Gasteiger partial charge in [0.1, 0.15) is 18.1 Å². The number of benzene rings is 1. The fourth-order valence-electron chi connectivity index (χ4n) is 2.51. The van der Waals surface area contributed by atoms with Crippen molar-refractivity contribution in [1.82, 2.24) is 15.4 Å². The van der Waals surface area contributed by atoms with Gasteiger partial charge in [-0.15, -0.1) is 0 Å². The molecule has 0 saturated heterocycles. The SMILES string of the molecule is CN=C(NCCc1c(C)noc1C)N(C)CCOc1cccc(Cl)c1. The Labute approximate surface area is 153 Å². The van der Waals surface area contributed by atoms with Gasteiger partial charge in [0.2, 0.25) is 0 Å². The third-order valence-electron chi connectivity index (χ3n) is 3.90. The van der Waals surface area contributed by atoms with Gasteiger partial charge in [-0.2, -0.15) is 0 Å². The van der Waals surface area contributed by atoms with E-state index in [1.807, 2.05) is 44.0 Å². The Morgan fingerprint density at radius 2 is 2.20 bits per heavy atom. The largest absolute Gasteiger partial charge is 0.492 e. The summed E-state index contributed by atoms with van der Waals surface area (Å²) in [6.45, 7) is 5.90. The maximum Gasteiger partial charge on any atom is 0.193 e. The first-order valence-electron chi connectivity index (χ1n) is 8.23. The molecule has 0 fully saturated rings. The van der Waals surface area contributed by atoms with Crippen LogP contribution in [0.25, 0.3) is 0 Å². The van der Waals surface area contributed by atoms with Crippen LogP contribution in [0.15, 0.2) is 33.8 Å². The molecule has 0 atom stereocenters. The van der Waals surface area contributed by atoms with Crippen LogP contribution in [-0.2, 0) is 6.42 Å². The van der Waals surface area contributed by atoms with Crippen molar-refractivity contribution in [1.29, 1.82) is 0 Å². The predicted molar refractivity (Wildman–Crippen MR) is 101 cm³/mol. The number of hydrogen-bond donors (Lipinski definition) is 1. The van der Waals surface area contributed by atoms with Crippen molar-refractivity contribution < 1.29 is 9.26 Å². The molecular weight excluding hydrogens is 340 g/mol. The Kier molecular flexibility index (Phi) is 7.13. The number of halogens is 1. The second-order valence-corrected chi connectivity index (χ2v) is 6.19. The lowest BCUT2D eigenvalue weighted by Crippen LogP contribution is -2.41. The summed E-state index contributed by atoms with van der Waals surface area (Å²) in [7, 11) is 3.75. The second-order valence-electron chi connectivity index (χ2n) is 5.75. The van der Waals surface area contributed by atoms with Gasteiger partial charge in [-0.05, 0) is 38.5 Å². The zero-order valence-corrected chi connectivity index (χ0v) is 15.9. The molecule has 0 bridgehead atoms. The number of aryl methyl sites for hydroxylation is 2. The van der Waals surface area contributed by atoms with Crippen molar-refractivity contribution >= 4 is 17.6 Å². The first-order chi connectivity index (χ1) is 12.0. The molecule has 0 amide bonds. The first kappa shape index (κ1) is 19.1. The summed E-state index contributed by atoms with van der Waals surface area (Å²) in [6.07, 6.45) is 0.840. The molecule has 0 aliphatic carbocycles. The molecule has 0 unspecified atom stereocenters. The number of nitrogens with one attached hydrogen (secondary N) is 1. The number of hydrogen-bond acceptors (Lipinski definition) is 4. The summed E-state index contributed by atoms with van der Waals surface area (Å²) in [5, 5.41) is 7.99. The van der Waals surface area contributed by atoms with Gasteiger partial charge in [-0.25, -0.2) is 0 Å². The van der Waals surface area contributed by atoms with Crippen LogP contribution in [0.3, 0.4) is 0 Å². The summed E-state index contributed by atoms with van der Waals surface area (Å²) < 4.78 is 10.9. The van der Waals surface area contributed by atoms with Gasteiger partial charge in [0.25, 0.3) is 0 Å². The number of likely N-dealkylation sites (N-methyl/N-ethyl adjacent to an activating group) is 1. The van der Waals surface area contributed by atoms with Crippen molar-refractivity contribution in [2.75, 3.05) is 33.8 Å². The fourth-order valence-corrected chi connectivity index (χ4v) is 2.69. The summed E-state index contributed by atoms with van der Waals surface area (Å²) in [6, 6.07) is 7.39. The number of guanidine groups is 1. The van der Waals surface area contributed by atoms with Gasteiger partial charge in [0.15, 0.2) is 5.96 Å². The van der Waals surface area contributed by atoms with E-state index >= 15 is 0 Å². The van der Waals surface area contributed by atoms with E-state index in [-0.39, 0.29) is 0 Å². The van der Waals surface area contributed by atoms with Gasteiger partial charge in [-0.1, -0.05) is 22.8 Å². The normalized spacial score (nSPS) is 11.5. The number of rotatable bonds is 7. The van der Waals surface area contributed by atoms with Crippen LogP contribution in [0.5, 0.6) is 5.75 Å². The lowest BCUT2D eigenvalue weighted by Gasteiger charge is -2.22. The number of ether oxygens (including phenoxy) is 1. The molecule has 1 N–H and O–H groups in total. The van der Waals surface area contributed by atoms with Crippen molar-refractivity contribution in [2.45, 2.75) is 20.3 Å². The molecule has 0 aliphatic rings. The zero-order valence-electron chi connectivity index (χ0n) is 15.2. The topological polar surface area (TPSA) is 62.9 Å². The van der Waals surface area contributed by atoms with Crippen LogP contribution in [0, 0.1) is 13.8 Å². The minimum atomic E-state index is 0.543. The van der Waals surface area contributed by atoms with Crippen LogP contribution < -0.4 is 10.1 Å². The first-order valence-corrected chi connectivity index (χ1v) is 8.61. The van der Waals surface area contributed by atoms with Crippen molar-refractivity contribution in [3.05, 3.63) is 46.3 Å². The molecule has 1 aromatic carbocycles. The average molecular weight is 365 g/mol. The molecule has 0 spiro atoms. The van der Waals surface area contributed by atoms with Crippen LogP contribution in [0.1, 0.15) is 17.0 Å². The summed E-state index contributed by atoms with van der Waals surface area (Å²) in [5.41, 5.74) is 2.09. The highest BCUT2D eigenvalue weighted by Crippen LogP contribution is 2.17. The Bertz CT molecular complexity index is 695. The lowest BCUT2D eigenvalue weighted by molar-refractivity contribution is 0.281. The van der Waals surface area contributed by atoms with Gasteiger partial charge in [-0.3, -0.25) is 4.99 Å². The molecule has 136 valence electrons. The van der Waals surface area contributed by atoms with Gasteiger partial charge < -0.3 is 19.5 Å². The number of nitrogens with zero attached hydrogens (tertiary/aromatic N) is 3. The summed E-state index contributed by atoms with van der Waals surface area (Å²) in [5.74, 6) is 2.46. The van der Waals surface area contributed by atoms with Crippen molar-refractivity contribution in [3.63, 3.8) is 0 Å². The number of aromatic nitrogens is 1. The van der Waals surface area contributed by atoms with Crippen LogP contribution in [0.2, 0.25) is 5.02 Å². The highest BCUT2D eigenvalue weighted by atomic mass is 35.5. The molecular formula is C18H25ClN4O2. The Morgan fingerprint density at radius 3 is 2.84 bits per heavy atom. The molecule has 7 heteroatoms. The Morgan fingerprint density at radius 1 is 1.40 bits per heavy atom. The van der Waals surface area contributed by atoms with E-state index in [2.05, 4.69) is 15.5 Å². The minimum absolute atomic E-state index is 0.543. The fraction of sp³-hybridized carbons (Fsp3) is 0.444. The van der Waals surface area contributed by atoms with Gasteiger partial charge in [0, 0.05) is 31.2 Å². The van der Waals surface area contributed by atoms with E-state index < -0.39 is 0 Å². The molecule has 25 heavy (non-hydrogen) atoms. The molecule has 1 heterocycles. The standard InChI is InChI=1S/C18H25ClN4O2/c1-13-17(14(2)25-22-13)8-9-21-18(20-3)23(4)10-11-24-16-7-5-6-15(19)12-16/h5-7,12H,8-11H2,1-4H3,(H,20,21). The molecule has 1 aromatic heterocycles. The summed E-state index contributed by atoms with van der Waals surface area (Å²) >= 11 is 5.95. The zero-order chi connectivity index (χ0) is 18.2. The third-order valence-corrected chi connectivity index (χ3v) is 4.14. The molecule has 6 nitrogen and oxygen atoms in total. The molecule has 0 aliphatic heterocycles. The second kappa shape index (κ2) is 9.32. The minimum Gasteiger partial charge on any atom is -0.492 e. The maximum absolute atomic E-state index is 5.95. The monoisotopic (exact) mass is 364 g/mol. The quantitative estimate of drug-likeness (QED) is 0.604.